The van der Waals surface area contributed by atoms with E-state index in [9.17, 15) is 9.59 Å². The van der Waals surface area contributed by atoms with Gasteiger partial charge in [0.15, 0.2) is 0 Å². The Morgan fingerprint density at radius 3 is 1.50 bits per heavy atom. The number of fused-ring (bicyclic) bond motifs is 1. The molecule has 0 radical (unpaired) electrons. The van der Waals surface area contributed by atoms with Crippen LogP contribution >= 0.6 is 23.2 Å². The van der Waals surface area contributed by atoms with Crippen molar-refractivity contribution < 1.29 is 28.5 Å². The van der Waals surface area contributed by atoms with Gasteiger partial charge in [0.05, 0.1) is 26.1 Å². The van der Waals surface area contributed by atoms with Crippen molar-refractivity contribution in [2.75, 3.05) is 13.2 Å². The summed E-state index contributed by atoms with van der Waals surface area (Å²) in [5.74, 6) is 0.00691. The zero-order chi connectivity index (χ0) is 22.3. The monoisotopic (exact) mass is 456 g/mol. The van der Waals surface area contributed by atoms with Crippen LogP contribution in [0.3, 0.4) is 0 Å². The lowest BCUT2D eigenvalue weighted by molar-refractivity contribution is -0.145. The maximum Gasteiger partial charge on any atom is 0.309 e. The van der Waals surface area contributed by atoms with Gasteiger partial charge in [0.2, 0.25) is 0 Å². The molecular formula is C22H26Cl2O6. The second-order valence-corrected chi connectivity index (χ2v) is 7.46. The standard InChI is InChI=1S/C22H26Cl2O6/c1-5-27-17(25)11-13(3)29-21-15-9-7-8-10-16(15)22(20(24)19(21)23)30-14(4)12-18(26)28-6-2/h7-10,13-14H,5-6,11-12H2,1-4H3. The molecule has 0 aliphatic carbocycles. The molecule has 2 rings (SSSR count). The molecular weight excluding hydrogens is 431 g/mol. The van der Waals surface area contributed by atoms with Gasteiger partial charge in [-0.3, -0.25) is 9.59 Å². The fourth-order valence-corrected chi connectivity index (χ4v) is 3.40. The highest BCUT2D eigenvalue weighted by Crippen LogP contribution is 2.47. The smallest absolute Gasteiger partial charge is 0.309 e. The molecule has 0 saturated carbocycles. The number of ether oxygens (including phenoxy) is 4. The summed E-state index contributed by atoms with van der Waals surface area (Å²) in [7, 11) is 0. The minimum Gasteiger partial charge on any atom is -0.488 e. The summed E-state index contributed by atoms with van der Waals surface area (Å²) in [4.78, 5) is 23.5. The molecule has 0 aliphatic rings. The molecule has 30 heavy (non-hydrogen) atoms. The summed E-state index contributed by atoms with van der Waals surface area (Å²) in [5.41, 5.74) is 0. The number of halogens is 2. The van der Waals surface area contributed by atoms with Crippen molar-refractivity contribution >= 4 is 45.9 Å². The number of carbonyl (C=O) groups is 2. The van der Waals surface area contributed by atoms with E-state index in [1.165, 1.54) is 0 Å². The molecule has 0 aromatic heterocycles. The van der Waals surface area contributed by atoms with Crippen LogP contribution < -0.4 is 9.47 Å². The molecule has 2 unspecified atom stereocenters. The van der Waals surface area contributed by atoms with Crippen molar-refractivity contribution in [1.82, 2.24) is 0 Å². The van der Waals surface area contributed by atoms with E-state index in [4.69, 9.17) is 42.1 Å². The number of hydrogen-bond donors (Lipinski definition) is 0. The largest absolute Gasteiger partial charge is 0.488 e. The Kier molecular flexibility index (Phi) is 9.06. The van der Waals surface area contributed by atoms with Gasteiger partial charge in [-0.15, -0.1) is 0 Å². The number of rotatable bonds is 10. The van der Waals surface area contributed by atoms with Gasteiger partial charge in [-0.1, -0.05) is 47.5 Å². The van der Waals surface area contributed by atoms with Crippen LogP contribution in [0.1, 0.15) is 40.5 Å². The predicted molar refractivity (Wildman–Crippen MR) is 117 cm³/mol. The average molecular weight is 457 g/mol. The van der Waals surface area contributed by atoms with Crippen molar-refractivity contribution in [3.05, 3.63) is 34.3 Å². The van der Waals surface area contributed by atoms with Crippen molar-refractivity contribution in [2.45, 2.75) is 52.7 Å². The number of hydrogen-bond acceptors (Lipinski definition) is 6. The van der Waals surface area contributed by atoms with Crippen LogP contribution in [0.25, 0.3) is 10.8 Å². The van der Waals surface area contributed by atoms with Gasteiger partial charge in [0.25, 0.3) is 0 Å². The Hall–Kier alpha value is -2.18. The summed E-state index contributed by atoms with van der Waals surface area (Å²) >= 11 is 13.0. The Morgan fingerprint density at radius 2 is 1.17 bits per heavy atom. The molecule has 2 aromatic carbocycles. The molecule has 164 valence electrons. The third-order valence-corrected chi connectivity index (χ3v) is 4.98. The fourth-order valence-electron chi connectivity index (χ4n) is 2.94. The van der Waals surface area contributed by atoms with E-state index in [2.05, 4.69) is 0 Å². The lowest BCUT2D eigenvalue weighted by Gasteiger charge is -2.22. The quantitative estimate of drug-likeness (QED) is 0.434. The van der Waals surface area contributed by atoms with Crippen LogP contribution in [-0.4, -0.2) is 37.4 Å². The first-order valence-electron chi connectivity index (χ1n) is 9.82. The topological polar surface area (TPSA) is 71.1 Å². The van der Waals surface area contributed by atoms with Gasteiger partial charge in [-0.05, 0) is 27.7 Å². The molecule has 0 bridgehead atoms. The first-order valence-corrected chi connectivity index (χ1v) is 10.6. The molecule has 0 fully saturated rings. The average Bonchev–Trinajstić information content (AvgIpc) is 2.68. The number of carbonyl (C=O) groups excluding carboxylic acids is 2. The van der Waals surface area contributed by atoms with Gasteiger partial charge >= 0.3 is 11.9 Å². The van der Waals surface area contributed by atoms with E-state index in [0.29, 0.717) is 35.5 Å². The van der Waals surface area contributed by atoms with Crippen LogP contribution in [-0.2, 0) is 19.1 Å². The SMILES string of the molecule is CCOC(=O)CC(C)Oc1c(Cl)c(Cl)c(OC(C)CC(=O)OCC)c2ccccc12. The van der Waals surface area contributed by atoms with E-state index in [1.807, 2.05) is 24.3 Å². The zero-order valence-corrected chi connectivity index (χ0v) is 19.0. The zero-order valence-electron chi connectivity index (χ0n) is 17.5. The molecule has 0 heterocycles. The van der Waals surface area contributed by atoms with Gasteiger partial charge in [-0.25, -0.2) is 0 Å². The number of esters is 2. The van der Waals surface area contributed by atoms with E-state index in [-0.39, 0.29) is 34.8 Å². The summed E-state index contributed by atoms with van der Waals surface area (Å²) in [6.45, 7) is 7.60. The maximum absolute atomic E-state index is 11.8. The lowest BCUT2D eigenvalue weighted by Crippen LogP contribution is -2.20. The van der Waals surface area contributed by atoms with Crippen LogP contribution in [0.5, 0.6) is 11.5 Å². The van der Waals surface area contributed by atoms with Crippen molar-refractivity contribution in [1.29, 1.82) is 0 Å². The second kappa shape index (κ2) is 11.3. The van der Waals surface area contributed by atoms with Gasteiger partial charge in [-0.2, -0.15) is 0 Å². The maximum atomic E-state index is 11.8. The molecule has 2 aromatic rings. The lowest BCUT2D eigenvalue weighted by atomic mass is 10.1. The summed E-state index contributed by atoms with van der Waals surface area (Å²) in [6.07, 6.45) is -0.804. The van der Waals surface area contributed by atoms with Crippen LogP contribution in [0.15, 0.2) is 24.3 Å². The van der Waals surface area contributed by atoms with E-state index < -0.39 is 12.2 Å². The fraction of sp³-hybridized carbons (Fsp3) is 0.455. The Balaban J connectivity index is 2.35. The second-order valence-electron chi connectivity index (χ2n) is 6.71. The molecule has 0 aliphatic heterocycles. The van der Waals surface area contributed by atoms with Crippen molar-refractivity contribution in [2.24, 2.45) is 0 Å². The van der Waals surface area contributed by atoms with Crippen LogP contribution in [0.4, 0.5) is 0 Å². The highest BCUT2D eigenvalue weighted by Gasteiger charge is 2.23. The Bertz CT molecular complexity index is 826. The van der Waals surface area contributed by atoms with E-state index in [0.717, 1.165) is 0 Å². The normalized spacial score (nSPS) is 12.9. The van der Waals surface area contributed by atoms with Gasteiger partial charge < -0.3 is 18.9 Å². The first kappa shape index (κ1) is 24.1. The highest BCUT2D eigenvalue weighted by molar-refractivity contribution is 6.45. The van der Waals surface area contributed by atoms with E-state index >= 15 is 0 Å². The van der Waals surface area contributed by atoms with Crippen LogP contribution in [0, 0.1) is 0 Å². The first-order chi connectivity index (χ1) is 14.3. The summed E-state index contributed by atoms with van der Waals surface area (Å²) in [6, 6.07) is 7.32. The Morgan fingerprint density at radius 1 is 0.800 bits per heavy atom. The summed E-state index contributed by atoms with van der Waals surface area (Å²) in [5, 5.41) is 1.70. The molecule has 0 spiro atoms. The third-order valence-electron chi connectivity index (χ3n) is 4.16. The van der Waals surface area contributed by atoms with Crippen LogP contribution in [0.2, 0.25) is 10.0 Å². The molecule has 8 heteroatoms. The molecule has 0 amide bonds. The molecule has 6 nitrogen and oxygen atoms in total. The predicted octanol–water partition coefficient (Wildman–Crippen LogP) is 5.59. The molecule has 2 atom stereocenters. The molecule has 0 N–H and O–H groups in total. The highest BCUT2D eigenvalue weighted by atomic mass is 35.5. The van der Waals surface area contributed by atoms with E-state index in [1.54, 1.807) is 27.7 Å². The summed E-state index contributed by atoms with van der Waals surface area (Å²) < 4.78 is 21.9. The van der Waals surface area contributed by atoms with Gasteiger partial charge in [0.1, 0.15) is 33.8 Å². The number of benzene rings is 2. The molecule has 0 saturated heterocycles. The van der Waals surface area contributed by atoms with Crippen molar-refractivity contribution in [3.63, 3.8) is 0 Å². The van der Waals surface area contributed by atoms with Crippen molar-refractivity contribution in [3.8, 4) is 11.5 Å². The minimum absolute atomic E-state index is 0.0743. The third kappa shape index (κ3) is 6.16. The Labute approximate surface area is 186 Å². The minimum atomic E-state index is -0.476. The van der Waals surface area contributed by atoms with Gasteiger partial charge in [0, 0.05) is 10.8 Å².